The van der Waals surface area contributed by atoms with Gasteiger partial charge in [0.25, 0.3) is 0 Å². The van der Waals surface area contributed by atoms with E-state index in [4.69, 9.17) is 17.3 Å². The minimum atomic E-state index is 0.381. The highest BCUT2D eigenvalue weighted by Gasteiger charge is 2.22. The van der Waals surface area contributed by atoms with Crippen LogP contribution in [0.3, 0.4) is 0 Å². The summed E-state index contributed by atoms with van der Waals surface area (Å²) in [5.41, 5.74) is 8.11. The van der Waals surface area contributed by atoms with Crippen LogP contribution in [-0.4, -0.2) is 16.0 Å². The van der Waals surface area contributed by atoms with E-state index in [-0.39, 0.29) is 0 Å². The number of halogens is 1. The van der Waals surface area contributed by atoms with Crippen LogP contribution in [0, 0.1) is 0 Å². The van der Waals surface area contributed by atoms with Gasteiger partial charge in [-0.2, -0.15) is 0 Å². The van der Waals surface area contributed by atoms with Gasteiger partial charge >= 0.3 is 0 Å². The molecule has 3 N–H and O–H groups in total. The highest BCUT2D eigenvalue weighted by Crippen LogP contribution is 2.33. The van der Waals surface area contributed by atoms with Crippen molar-refractivity contribution in [2.45, 2.75) is 37.6 Å². The number of nitrogens with two attached hydrogens (primary N) is 1. The average Bonchev–Trinajstić information content (AvgIpc) is 2.98. The van der Waals surface area contributed by atoms with Gasteiger partial charge in [0.1, 0.15) is 5.82 Å². The van der Waals surface area contributed by atoms with Crippen LogP contribution >= 0.6 is 22.9 Å². The molecule has 0 atom stereocenters. The standard InChI is InChI=1S/C13H16ClN3S/c14-12-5-9(7-18-12)11-6-16-13(17-11)8-1-3-10(15)4-2-8/h5-8,10H,1-4,15H2,(H,16,17). The van der Waals surface area contributed by atoms with Crippen molar-refractivity contribution in [3.63, 3.8) is 0 Å². The van der Waals surface area contributed by atoms with Crippen LogP contribution in [0.2, 0.25) is 4.34 Å². The molecule has 2 aromatic heterocycles. The SMILES string of the molecule is NC1CCC(c2ncc(-c3csc(Cl)c3)[nH]2)CC1. The van der Waals surface area contributed by atoms with Crippen molar-refractivity contribution >= 4 is 22.9 Å². The monoisotopic (exact) mass is 281 g/mol. The molecule has 2 aromatic rings. The first-order valence-corrected chi connectivity index (χ1v) is 7.53. The molecule has 0 bridgehead atoms. The van der Waals surface area contributed by atoms with Gasteiger partial charge in [-0.3, -0.25) is 0 Å². The Kier molecular flexibility index (Phi) is 3.41. The lowest BCUT2D eigenvalue weighted by Gasteiger charge is -2.24. The summed E-state index contributed by atoms with van der Waals surface area (Å²) in [5.74, 6) is 1.63. The topological polar surface area (TPSA) is 54.7 Å². The van der Waals surface area contributed by atoms with Gasteiger partial charge in [0, 0.05) is 22.9 Å². The van der Waals surface area contributed by atoms with E-state index in [1.54, 1.807) is 11.3 Å². The molecule has 0 aliphatic heterocycles. The van der Waals surface area contributed by atoms with E-state index >= 15 is 0 Å². The Morgan fingerprint density at radius 2 is 2.11 bits per heavy atom. The quantitative estimate of drug-likeness (QED) is 0.880. The second kappa shape index (κ2) is 5.03. The molecule has 2 heterocycles. The van der Waals surface area contributed by atoms with Crippen molar-refractivity contribution in [1.29, 1.82) is 0 Å². The summed E-state index contributed by atoms with van der Waals surface area (Å²) in [6, 6.07) is 2.35. The molecule has 3 rings (SSSR count). The first-order valence-electron chi connectivity index (χ1n) is 6.27. The van der Waals surface area contributed by atoms with Gasteiger partial charge in [-0.25, -0.2) is 4.98 Å². The maximum atomic E-state index is 5.95. The van der Waals surface area contributed by atoms with Crippen molar-refractivity contribution in [3.05, 3.63) is 27.8 Å². The number of hydrogen-bond donors (Lipinski definition) is 2. The number of imidazole rings is 1. The van der Waals surface area contributed by atoms with E-state index in [9.17, 15) is 0 Å². The maximum absolute atomic E-state index is 5.95. The summed E-state index contributed by atoms with van der Waals surface area (Å²) < 4.78 is 0.810. The molecular formula is C13H16ClN3S. The molecule has 0 radical (unpaired) electrons. The zero-order chi connectivity index (χ0) is 12.5. The normalized spacial score (nSPS) is 24.3. The Bertz CT molecular complexity index is 526. The molecule has 0 aromatic carbocycles. The van der Waals surface area contributed by atoms with Gasteiger partial charge in [-0.15, -0.1) is 11.3 Å². The van der Waals surface area contributed by atoms with Gasteiger partial charge in [-0.1, -0.05) is 11.6 Å². The molecule has 3 nitrogen and oxygen atoms in total. The fraction of sp³-hybridized carbons (Fsp3) is 0.462. The lowest BCUT2D eigenvalue weighted by atomic mass is 9.86. The first-order chi connectivity index (χ1) is 8.72. The van der Waals surface area contributed by atoms with Crippen molar-refractivity contribution < 1.29 is 0 Å². The van der Waals surface area contributed by atoms with Crippen LogP contribution in [0.25, 0.3) is 11.3 Å². The summed E-state index contributed by atoms with van der Waals surface area (Å²) in [5, 5.41) is 2.05. The highest BCUT2D eigenvalue weighted by atomic mass is 35.5. The van der Waals surface area contributed by atoms with Crippen molar-refractivity contribution in [2.75, 3.05) is 0 Å². The Morgan fingerprint density at radius 1 is 1.33 bits per heavy atom. The molecule has 5 heteroatoms. The van der Waals surface area contributed by atoms with Crippen LogP contribution in [0.4, 0.5) is 0 Å². The van der Waals surface area contributed by atoms with E-state index in [0.29, 0.717) is 12.0 Å². The summed E-state index contributed by atoms with van der Waals surface area (Å²) in [7, 11) is 0. The van der Waals surface area contributed by atoms with Crippen molar-refractivity contribution in [2.24, 2.45) is 5.73 Å². The molecule has 0 saturated heterocycles. The van der Waals surface area contributed by atoms with E-state index < -0.39 is 0 Å². The van der Waals surface area contributed by atoms with E-state index in [1.165, 1.54) is 0 Å². The smallest absolute Gasteiger partial charge is 0.109 e. The zero-order valence-electron chi connectivity index (χ0n) is 10.0. The molecule has 0 spiro atoms. The Hall–Kier alpha value is -0.840. The van der Waals surface area contributed by atoms with Crippen LogP contribution < -0.4 is 5.73 Å². The number of nitrogens with one attached hydrogen (secondary N) is 1. The number of nitrogens with zero attached hydrogens (tertiary/aromatic N) is 1. The fourth-order valence-electron chi connectivity index (χ4n) is 2.53. The summed E-state index contributed by atoms with van der Waals surface area (Å²) in [4.78, 5) is 7.94. The number of aromatic nitrogens is 2. The second-order valence-corrected chi connectivity index (χ2v) is 6.48. The minimum absolute atomic E-state index is 0.381. The number of H-pyrrole nitrogens is 1. The zero-order valence-corrected chi connectivity index (χ0v) is 11.6. The molecule has 1 fully saturated rings. The molecule has 18 heavy (non-hydrogen) atoms. The molecule has 0 unspecified atom stereocenters. The lowest BCUT2D eigenvalue weighted by molar-refractivity contribution is 0.386. The molecule has 96 valence electrons. The number of thiophene rings is 1. The lowest BCUT2D eigenvalue weighted by Crippen LogP contribution is -2.26. The molecule has 0 amide bonds. The first kappa shape index (κ1) is 12.2. The largest absolute Gasteiger partial charge is 0.342 e. The third-order valence-electron chi connectivity index (χ3n) is 3.63. The van der Waals surface area contributed by atoms with Gasteiger partial charge in [0.2, 0.25) is 0 Å². The summed E-state index contributed by atoms with van der Waals surface area (Å²) in [6.45, 7) is 0. The predicted molar refractivity (Wildman–Crippen MR) is 76.1 cm³/mol. The molecule has 1 saturated carbocycles. The molecule has 1 aliphatic rings. The van der Waals surface area contributed by atoms with Crippen LogP contribution in [-0.2, 0) is 0 Å². The number of hydrogen-bond acceptors (Lipinski definition) is 3. The van der Waals surface area contributed by atoms with Gasteiger partial charge in [0.05, 0.1) is 16.2 Å². The van der Waals surface area contributed by atoms with Gasteiger partial charge in [0.15, 0.2) is 0 Å². The number of rotatable bonds is 2. The van der Waals surface area contributed by atoms with E-state index in [2.05, 4.69) is 15.3 Å². The summed E-state index contributed by atoms with van der Waals surface area (Å²) in [6.07, 6.45) is 6.38. The van der Waals surface area contributed by atoms with Crippen LogP contribution in [0.1, 0.15) is 37.4 Å². The Morgan fingerprint density at radius 3 is 2.78 bits per heavy atom. The average molecular weight is 282 g/mol. The molecule has 1 aliphatic carbocycles. The minimum Gasteiger partial charge on any atom is -0.342 e. The van der Waals surface area contributed by atoms with Crippen LogP contribution in [0.5, 0.6) is 0 Å². The third-order valence-corrected chi connectivity index (χ3v) is 4.72. The highest BCUT2D eigenvalue weighted by molar-refractivity contribution is 7.14. The number of aromatic amines is 1. The van der Waals surface area contributed by atoms with E-state index in [1.807, 2.05) is 12.3 Å². The fourth-order valence-corrected chi connectivity index (χ4v) is 3.42. The Balaban J connectivity index is 1.77. The van der Waals surface area contributed by atoms with Crippen molar-refractivity contribution in [1.82, 2.24) is 9.97 Å². The predicted octanol–water partition coefficient (Wildman–Crippen LogP) is 3.78. The van der Waals surface area contributed by atoms with Gasteiger partial charge < -0.3 is 10.7 Å². The maximum Gasteiger partial charge on any atom is 0.109 e. The van der Waals surface area contributed by atoms with Crippen molar-refractivity contribution in [3.8, 4) is 11.3 Å². The Labute approximate surface area is 115 Å². The summed E-state index contributed by atoms with van der Waals surface area (Å²) >= 11 is 7.50. The van der Waals surface area contributed by atoms with E-state index in [0.717, 1.165) is 47.1 Å². The molecular weight excluding hydrogens is 266 g/mol. The third kappa shape index (κ3) is 2.46. The second-order valence-electron chi connectivity index (χ2n) is 4.93. The van der Waals surface area contributed by atoms with Crippen LogP contribution in [0.15, 0.2) is 17.6 Å². The van der Waals surface area contributed by atoms with Gasteiger partial charge in [-0.05, 0) is 31.7 Å².